The van der Waals surface area contributed by atoms with Crippen LogP contribution in [0.5, 0.6) is 11.5 Å². The number of benzene rings is 2. The van der Waals surface area contributed by atoms with Gasteiger partial charge >= 0.3 is 0 Å². The molecule has 0 fully saturated rings. The van der Waals surface area contributed by atoms with Gasteiger partial charge in [-0.3, -0.25) is 4.72 Å². The molecule has 0 aromatic heterocycles. The molecule has 0 aliphatic carbocycles. The Bertz CT molecular complexity index is 808. The zero-order valence-electron chi connectivity index (χ0n) is 10.2. The predicted octanol–water partition coefficient (Wildman–Crippen LogP) is 2.35. The molecule has 0 spiro atoms. The predicted molar refractivity (Wildman–Crippen MR) is 76.6 cm³/mol. The van der Waals surface area contributed by atoms with Crippen LogP contribution in [0.3, 0.4) is 0 Å². The fourth-order valence-electron chi connectivity index (χ4n) is 2.05. The maximum Gasteiger partial charge on any atom is 0.262 e. The van der Waals surface area contributed by atoms with Gasteiger partial charge < -0.3 is 10.2 Å². The number of hydrogen-bond donors (Lipinski definition) is 3. The van der Waals surface area contributed by atoms with Gasteiger partial charge in [-0.15, -0.1) is 0 Å². The van der Waals surface area contributed by atoms with E-state index >= 15 is 0 Å². The Morgan fingerprint density at radius 3 is 2.30 bits per heavy atom. The number of hydrogen-bond acceptors (Lipinski definition) is 4. The lowest BCUT2D eigenvalue weighted by Crippen LogP contribution is -2.05. The topological polar surface area (TPSA) is 86.6 Å². The van der Waals surface area contributed by atoms with Crippen LogP contribution in [0.4, 0.5) is 5.69 Å². The van der Waals surface area contributed by atoms with Gasteiger partial charge in [0.15, 0.2) is 0 Å². The molecule has 20 heavy (non-hydrogen) atoms. The summed E-state index contributed by atoms with van der Waals surface area (Å²) in [4.78, 5) is 0.0917. The average Bonchev–Trinajstić information content (AvgIpc) is 2.63. The third-order valence-electron chi connectivity index (χ3n) is 2.99. The van der Waals surface area contributed by atoms with E-state index in [9.17, 15) is 18.6 Å². The molecule has 0 atom stereocenters. The Kier molecular flexibility index (Phi) is 2.69. The van der Waals surface area contributed by atoms with Gasteiger partial charge in [-0.05, 0) is 42.0 Å². The quantitative estimate of drug-likeness (QED) is 0.703. The smallest absolute Gasteiger partial charge is 0.262 e. The molecule has 1 heterocycles. The molecule has 3 N–H and O–H groups in total. The SMILES string of the molecule is O=S1(=O)Nc2ccc(O)cc2C1=Cc1ccc(O)cc1. The first-order valence-electron chi connectivity index (χ1n) is 5.83. The summed E-state index contributed by atoms with van der Waals surface area (Å²) < 4.78 is 26.6. The number of aromatic hydroxyl groups is 2. The van der Waals surface area contributed by atoms with Crippen LogP contribution in [-0.4, -0.2) is 18.6 Å². The van der Waals surface area contributed by atoms with E-state index in [1.807, 2.05) is 0 Å². The highest BCUT2D eigenvalue weighted by Crippen LogP contribution is 2.39. The van der Waals surface area contributed by atoms with Crippen molar-refractivity contribution in [1.29, 1.82) is 0 Å². The molecule has 2 aromatic carbocycles. The van der Waals surface area contributed by atoms with Crippen molar-refractivity contribution in [3.63, 3.8) is 0 Å². The van der Waals surface area contributed by atoms with Crippen molar-refractivity contribution < 1.29 is 18.6 Å². The second-order valence-corrected chi connectivity index (χ2v) is 6.09. The summed E-state index contributed by atoms with van der Waals surface area (Å²) in [5, 5.41) is 18.7. The molecule has 6 heteroatoms. The summed E-state index contributed by atoms with van der Waals surface area (Å²) >= 11 is 0. The van der Waals surface area contributed by atoms with Crippen molar-refractivity contribution in [2.75, 3.05) is 4.72 Å². The molecule has 2 aromatic rings. The third-order valence-corrected chi connectivity index (χ3v) is 4.40. The Morgan fingerprint density at radius 1 is 0.950 bits per heavy atom. The number of phenols is 2. The molecule has 0 amide bonds. The molecule has 0 unspecified atom stereocenters. The minimum absolute atomic E-state index is 0.000689. The van der Waals surface area contributed by atoms with Crippen molar-refractivity contribution in [2.45, 2.75) is 0 Å². The van der Waals surface area contributed by atoms with Crippen molar-refractivity contribution >= 4 is 26.7 Å². The first-order valence-corrected chi connectivity index (χ1v) is 7.31. The molecule has 102 valence electrons. The van der Waals surface area contributed by atoms with Gasteiger partial charge in [0.25, 0.3) is 10.0 Å². The third kappa shape index (κ3) is 2.10. The summed E-state index contributed by atoms with van der Waals surface area (Å²) in [6, 6.07) is 10.5. The average molecular weight is 289 g/mol. The molecule has 0 saturated carbocycles. The molecule has 1 aliphatic rings. The van der Waals surface area contributed by atoms with Crippen LogP contribution in [0, 0.1) is 0 Å². The van der Waals surface area contributed by atoms with Gasteiger partial charge in [0.2, 0.25) is 0 Å². The normalized spacial score (nSPS) is 17.7. The van der Waals surface area contributed by atoms with E-state index in [1.165, 1.54) is 36.4 Å². The maximum absolute atomic E-state index is 12.1. The van der Waals surface area contributed by atoms with Crippen molar-refractivity contribution in [1.82, 2.24) is 0 Å². The lowest BCUT2D eigenvalue weighted by Gasteiger charge is -2.00. The largest absolute Gasteiger partial charge is 0.508 e. The summed E-state index contributed by atoms with van der Waals surface area (Å²) in [7, 11) is -3.63. The Hall–Kier alpha value is -2.47. The number of rotatable bonds is 1. The Balaban J connectivity index is 2.17. The fraction of sp³-hybridized carbons (Fsp3) is 0. The summed E-state index contributed by atoms with van der Waals surface area (Å²) in [6.45, 7) is 0. The van der Waals surface area contributed by atoms with Gasteiger partial charge in [0.1, 0.15) is 11.5 Å². The molecule has 0 radical (unpaired) electrons. The lowest BCUT2D eigenvalue weighted by atomic mass is 10.1. The lowest BCUT2D eigenvalue weighted by molar-refractivity contribution is 0.475. The van der Waals surface area contributed by atoms with Crippen LogP contribution in [0.1, 0.15) is 11.1 Å². The number of sulfonamides is 1. The highest BCUT2D eigenvalue weighted by Gasteiger charge is 2.30. The van der Waals surface area contributed by atoms with Crippen molar-refractivity contribution in [2.24, 2.45) is 0 Å². The van der Waals surface area contributed by atoms with E-state index in [-0.39, 0.29) is 16.4 Å². The summed E-state index contributed by atoms with van der Waals surface area (Å²) in [5.74, 6) is 0.108. The van der Waals surface area contributed by atoms with Gasteiger partial charge in [-0.1, -0.05) is 12.1 Å². The van der Waals surface area contributed by atoms with Gasteiger partial charge in [-0.2, -0.15) is 0 Å². The van der Waals surface area contributed by atoms with Gasteiger partial charge in [0.05, 0.1) is 10.6 Å². The number of fused-ring (bicyclic) bond motifs is 1. The summed E-state index contributed by atoms with van der Waals surface area (Å²) in [6.07, 6.45) is 1.49. The van der Waals surface area contributed by atoms with Crippen LogP contribution in [0.15, 0.2) is 42.5 Å². The van der Waals surface area contributed by atoms with E-state index in [0.717, 1.165) is 0 Å². The molecular formula is C14H11NO4S. The minimum Gasteiger partial charge on any atom is -0.508 e. The van der Waals surface area contributed by atoms with Crippen LogP contribution >= 0.6 is 0 Å². The van der Waals surface area contributed by atoms with Crippen molar-refractivity contribution in [3.8, 4) is 11.5 Å². The molecule has 1 aliphatic heterocycles. The second-order valence-electron chi connectivity index (χ2n) is 4.44. The van der Waals surface area contributed by atoms with Crippen LogP contribution in [0.25, 0.3) is 11.0 Å². The van der Waals surface area contributed by atoms with E-state index in [4.69, 9.17) is 0 Å². The van der Waals surface area contributed by atoms with Crippen LogP contribution in [0.2, 0.25) is 0 Å². The second kappa shape index (κ2) is 4.28. The van der Waals surface area contributed by atoms with Gasteiger partial charge in [-0.25, -0.2) is 8.42 Å². The van der Waals surface area contributed by atoms with E-state index in [1.54, 1.807) is 12.1 Å². The molecule has 0 bridgehead atoms. The van der Waals surface area contributed by atoms with Crippen LogP contribution < -0.4 is 4.72 Å². The van der Waals surface area contributed by atoms with Crippen molar-refractivity contribution in [3.05, 3.63) is 53.6 Å². The zero-order valence-corrected chi connectivity index (χ0v) is 11.1. The Labute approximate surface area is 115 Å². The van der Waals surface area contributed by atoms with Crippen LogP contribution in [-0.2, 0) is 10.0 Å². The number of nitrogens with one attached hydrogen (secondary N) is 1. The number of anilines is 1. The zero-order chi connectivity index (χ0) is 14.3. The first kappa shape index (κ1) is 12.6. The number of phenolic OH excluding ortho intramolecular Hbond substituents is 2. The Morgan fingerprint density at radius 2 is 1.60 bits per heavy atom. The van der Waals surface area contributed by atoms with Gasteiger partial charge in [0, 0.05) is 5.56 Å². The summed E-state index contributed by atoms with van der Waals surface area (Å²) in [5.41, 5.74) is 1.50. The van der Waals surface area contributed by atoms with E-state index in [2.05, 4.69) is 4.72 Å². The first-order chi connectivity index (χ1) is 9.45. The monoisotopic (exact) mass is 289 g/mol. The standard InChI is InChI=1S/C14H11NO4S/c16-10-3-1-9(2-4-10)7-14-12-8-11(17)5-6-13(12)15-20(14,18)19/h1-8,15-17H. The highest BCUT2D eigenvalue weighted by molar-refractivity contribution is 8.02. The molecule has 3 rings (SSSR count). The highest BCUT2D eigenvalue weighted by atomic mass is 32.2. The molecule has 5 nitrogen and oxygen atoms in total. The minimum atomic E-state index is -3.63. The molecule has 0 saturated heterocycles. The molecular weight excluding hydrogens is 278 g/mol. The van der Waals surface area contributed by atoms with E-state index in [0.29, 0.717) is 16.8 Å². The fourth-order valence-corrected chi connectivity index (χ4v) is 3.37. The maximum atomic E-state index is 12.1. The van der Waals surface area contributed by atoms with E-state index < -0.39 is 10.0 Å².